The Labute approximate surface area is 268 Å². The van der Waals surface area contributed by atoms with Gasteiger partial charge in [-0.05, 0) is 42.0 Å². The summed E-state index contributed by atoms with van der Waals surface area (Å²) >= 11 is 1.09. The van der Waals surface area contributed by atoms with Crippen molar-refractivity contribution in [2.75, 3.05) is 22.6 Å². The highest BCUT2D eigenvalue weighted by atomic mass is 32.2. The Kier molecular flexibility index (Phi) is 8.90. The lowest BCUT2D eigenvalue weighted by Crippen LogP contribution is -2.71. The molecule has 2 unspecified atom stereocenters. The van der Waals surface area contributed by atoms with Gasteiger partial charge >= 0.3 is 18.1 Å². The molecule has 3 atom stereocenters. The van der Waals surface area contributed by atoms with Crippen LogP contribution in [0.2, 0.25) is 0 Å². The first-order chi connectivity index (χ1) is 22.3. The van der Waals surface area contributed by atoms with Crippen LogP contribution in [0, 0.1) is 0 Å². The minimum atomic E-state index is -1.67. The summed E-state index contributed by atoms with van der Waals surface area (Å²) in [5.74, 6) is -3.41. The average Bonchev–Trinajstić information content (AvgIpc) is 3.02. The Morgan fingerprint density at radius 2 is 1.70 bits per heavy atom. The summed E-state index contributed by atoms with van der Waals surface area (Å²) in [7, 11) is 0. The van der Waals surface area contributed by atoms with Crippen molar-refractivity contribution in [3.8, 4) is 11.5 Å². The zero-order valence-electron chi connectivity index (χ0n) is 23.9. The third kappa shape index (κ3) is 6.59. The number of phenols is 2. The number of aromatic nitrogens is 2. The van der Waals surface area contributed by atoms with Gasteiger partial charge in [0.1, 0.15) is 46.9 Å². The van der Waals surface area contributed by atoms with Gasteiger partial charge < -0.3 is 42.2 Å². The van der Waals surface area contributed by atoms with E-state index in [2.05, 4.69) is 20.6 Å². The van der Waals surface area contributed by atoms with E-state index < -0.39 is 70.9 Å². The number of ether oxygens (including phenoxy) is 1. The van der Waals surface area contributed by atoms with Crippen LogP contribution < -0.4 is 32.6 Å². The van der Waals surface area contributed by atoms with Gasteiger partial charge in [-0.2, -0.15) is 0 Å². The van der Waals surface area contributed by atoms with E-state index in [4.69, 9.17) is 16.2 Å². The number of thioether (sulfide) groups is 1. The number of H-pyrrole nitrogens is 1. The quantitative estimate of drug-likeness (QED) is 0.107. The normalized spacial score (nSPS) is 17.5. The summed E-state index contributed by atoms with van der Waals surface area (Å²) in [6, 6.07) is 6.73. The third-order valence-corrected chi connectivity index (χ3v) is 8.40. The van der Waals surface area contributed by atoms with Crippen LogP contribution in [0.5, 0.6) is 11.5 Å². The van der Waals surface area contributed by atoms with Crippen molar-refractivity contribution in [3.63, 3.8) is 0 Å². The Morgan fingerprint density at radius 1 is 1.06 bits per heavy atom. The molecule has 3 aromatic rings. The monoisotopic (exact) mass is 666 g/mol. The number of anilines is 3. The van der Waals surface area contributed by atoms with Gasteiger partial charge in [-0.15, -0.1) is 11.8 Å². The van der Waals surface area contributed by atoms with Gasteiger partial charge in [0, 0.05) is 17.0 Å². The van der Waals surface area contributed by atoms with E-state index in [-0.39, 0.29) is 34.3 Å². The number of rotatable bonds is 10. The number of nitrogens with one attached hydrogen (secondary N) is 3. The van der Waals surface area contributed by atoms with Gasteiger partial charge in [-0.3, -0.25) is 29.2 Å². The second-order valence-corrected chi connectivity index (χ2v) is 11.2. The lowest BCUT2D eigenvalue weighted by atomic mass is 10.00. The number of carboxylic acid groups (broad SMARTS) is 1. The van der Waals surface area contributed by atoms with Gasteiger partial charge in [0.25, 0.3) is 11.5 Å². The summed E-state index contributed by atoms with van der Waals surface area (Å²) in [5.41, 5.74) is 9.59. The lowest BCUT2D eigenvalue weighted by molar-refractivity contribution is -0.151. The number of carbonyl (C=O) groups excluding carboxylic acids is 4. The molecule has 47 heavy (non-hydrogen) atoms. The van der Waals surface area contributed by atoms with Crippen LogP contribution in [0.3, 0.4) is 0 Å². The van der Waals surface area contributed by atoms with Crippen molar-refractivity contribution in [1.82, 2.24) is 20.2 Å². The van der Waals surface area contributed by atoms with Gasteiger partial charge in [0.05, 0.1) is 6.20 Å². The molecular weight excluding hydrogens is 640 g/mol. The summed E-state index contributed by atoms with van der Waals surface area (Å²) in [6.45, 7) is -0.459. The van der Waals surface area contributed by atoms with Crippen LogP contribution in [0.15, 0.2) is 70.8 Å². The molecule has 0 radical (unpaired) electrons. The van der Waals surface area contributed by atoms with Crippen molar-refractivity contribution in [2.45, 2.75) is 17.5 Å². The predicted molar refractivity (Wildman–Crippen MR) is 164 cm³/mol. The molecule has 244 valence electrons. The van der Waals surface area contributed by atoms with Crippen LogP contribution in [-0.4, -0.2) is 83.9 Å². The number of β-lactam (4-membered cyclic amide) rings is 1. The van der Waals surface area contributed by atoms with Crippen molar-refractivity contribution >= 4 is 59.0 Å². The molecule has 5 rings (SSSR count). The van der Waals surface area contributed by atoms with E-state index >= 15 is 0 Å². The van der Waals surface area contributed by atoms with Crippen LogP contribution in [0.1, 0.15) is 11.6 Å². The average molecular weight is 667 g/mol. The van der Waals surface area contributed by atoms with E-state index in [0.717, 1.165) is 22.9 Å². The van der Waals surface area contributed by atoms with E-state index in [1.54, 1.807) is 0 Å². The fraction of sp³-hybridized carbons (Fsp3) is 0.179. The molecule has 19 heteroatoms. The number of carbonyl (C=O) groups is 5. The molecular formula is C28H26N8O10S. The molecule has 1 saturated heterocycles. The smallest absolute Gasteiger partial charge is 0.404 e. The fourth-order valence-electron chi connectivity index (χ4n) is 4.95. The first-order valence-electron chi connectivity index (χ1n) is 13.5. The number of nitrogens with two attached hydrogens (primary N) is 2. The van der Waals surface area contributed by atoms with Crippen LogP contribution in [-0.2, 0) is 19.1 Å². The van der Waals surface area contributed by atoms with Gasteiger partial charge in [0.15, 0.2) is 0 Å². The number of urea groups is 1. The van der Waals surface area contributed by atoms with Gasteiger partial charge in [-0.25, -0.2) is 19.4 Å². The summed E-state index contributed by atoms with van der Waals surface area (Å²) in [6.07, 6.45) is -0.133. The minimum absolute atomic E-state index is 0.0136. The van der Waals surface area contributed by atoms with E-state index in [1.165, 1.54) is 48.5 Å². The highest BCUT2D eigenvalue weighted by Crippen LogP contribution is 2.41. The minimum Gasteiger partial charge on any atom is -0.508 e. The SMILES string of the molecule is NC(=O)OCC1=C(C(=O)O)N2C(=O)C(NC(=O)C(c3ccc(O)cc3)N(C(N)=O)c3cnc(Nc4ccc(O)cc4)[nH]c3=O)[C@@H]2SC1. The Balaban J connectivity index is 1.44. The Bertz CT molecular complexity index is 1850. The topological polar surface area (TPSA) is 284 Å². The Morgan fingerprint density at radius 3 is 2.28 bits per heavy atom. The van der Waals surface area contributed by atoms with Crippen molar-refractivity contribution in [2.24, 2.45) is 11.5 Å². The van der Waals surface area contributed by atoms with Gasteiger partial charge in [0.2, 0.25) is 11.9 Å². The second-order valence-electron chi connectivity index (χ2n) is 10.1. The summed E-state index contributed by atoms with van der Waals surface area (Å²) < 4.78 is 4.71. The lowest BCUT2D eigenvalue weighted by Gasteiger charge is -2.49. The highest BCUT2D eigenvalue weighted by Gasteiger charge is 2.55. The number of primary amides is 2. The molecule has 0 saturated carbocycles. The number of aromatic hydroxyl groups is 2. The molecule has 2 aromatic carbocycles. The maximum Gasteiger partial charge on any atom is 0.404 e. The molecule has 2 aliphatic rings. The van der Waals surface area contributed by atoms with Crippen molar-refractivity contribution in [3.05, 3.63) is 81.9 Å². The number of carboxylic acids is 1. The number of hydrogen-bond donors (Lipinski definition) is 8. The van der Waals surface area contributed by atoms with Crippen molar-refractivity contribution in [1.29, 1.82) is 0 Å². The zero-order chi connectivity index (χ0) is 34.0. The molecule has 0 spiro atoms. The van der Waals surface area contributed by atoms with Gasteiger partial charge in [-0.1, -0.05) is 12.1 Å². The first kappa shape index (κ1) is 32.2. The first-order valence-corrected chi connectivity index (χ1v) is 14.6. The van der Waals surface area contributed by atoms with Crippen LogP contribution in [0.4, 0.5) is 26.9 Å². The number of hydrogen-bond acceptors (Lipinski definition) is 12. The molecule has 5 amide bonds. The van der Waals surface area contributed by atoms with Crippen LogP contribution in [0.25, 0.3) is 0 Å². The number of phenolic OH excluding ortho intramolecular Hbond substituents is 2. The summed E-state index contributed by atoms with van der Waals surface area (Å²) in [4.78, 5) is 84.5. The number of aromatic amines is 1. The largest absolute Gasteiger partial charge is 0.508 e. The maximum absolute atomic E-state index is 13.9. The second kappa shape index (κ2) is 13.0. The molecule has 3 heterocycles. The predicted octanol–water partition coefficient (Wildman–Crippen LogP) is 0.385. The Hall–Kier alpha value is -6.24. The van der Waals surface area contributed by atoms with E-state index in [1.807, 2.05) is 0 Å². The van der Waals surface area contributed by atoms with E-state index in [0.29, 0.717) is 10.6 Å². The molecule has 1 fully saturated rings. The van der Waals surface area contributed by atoms with E-state index in [9.17, 15) is 44.1 Å². The number of amides is 5. The third-order valence-electron chi connectivity index (χ3n) is 7.06. The highest BCUT2D eigenvalue weighted by molar-refractivity contribution is 8.00. The molecule has 0 aliphatic carbocycles. The standard InChI is InChI=1S/C28H26N8O10S/c29-26(44)35(17-9-31-28(34-21(17)39)32-14-3-7-16(38)8-4-14)19(12-1-5-15(37)6-2-12)22(40)33-18-23(41)36-20(25(42)43)13(10-46-27(30)45)11-47-24(18)36/h1-9,18-19,24,37-38H,10-11H2,(H2,29,44)(H2,30,45)(H,33,40)(H,42,43)(H2,31,32,34,39)/t18?,19?,24-/m0/s1. The number of aliphatic carboxylic acids is 1. The molecule has 0 bridgehead atoms. The zero-order valence-corrected chi connectivity index (χ0v) is 24.8. The van der Waals surface area contributed by atoms with Crippen molar-refractivity contribution < 1.29 is 44.0 Å². The number of fused-ring (bicyclic) bond motifs is 1. The van der Waals surface area contributed by atoms with Crippen LogP contribution >= 0.6 is 11.8 Å². The number of benzene rings is 2. The fourth-order valence-corrected chi connectivity index (χ4v) is 6.28. The summed E-state index contributed by atoms with van der Waals surface area (Å²) in [5, 5.41) is 33.6. The maximum atomic E-state index is 13.9. The molecule has 2 aliphatic heterocycles. The number of nitrogens with zero attached hydrogens (tertiary/aromatic N) is 3. The molecule has 1 aromatic heterocycles. The molecule has 10 N–H and O–H groups in total. The molecule has 18 nitrogen and oxygen atoms in total.